The van der Waals surface area contributed by atoms with Crippen LogP contribution in [0.2, 0.25) is 0 Å². The molecule has 0 aromatic carbocycles. The number of ether oxygens (including phenoxy) is 4. The number of aldehydes is 1. The summed E-state index contributed by atoms with van der Waals surface area (Å²) in [5.41, 5.74) is 0. The van der Waals surface area contributed by atoms with Crippen LogP contribution in [0.15, 0.2) is 0 Å². The topological polar surface area (TPSA) is 54.0 Å². The van der Waals surface area contributed by atoms with Crippen LogP contribution < -0.4 is 0 Å². The number of carbonyl (C=O) groups is 1. The first-order valence-electron chi connectivity index (χ1n) is 4.74. The molecule has 80 valence electrons. The molecule has 2 aliphatic heterocycles. The van der Waals surface area contributed by atoms with Gasteiger partial charge in [0.25, 0.3) is 0 Å². The molecule has 2 saturated heterocycles. The molecule has 5 atom stereocenters. The standard InChI is InChI=1S/C9H14O5/c1-5-11-4-8-9(14-5)7(3-10)12-6(2)13-8/h3,5-9H,4H2,1-2H3/t5?,6?,7-,8+,9+/m1/s1. The van der Waals surface area contributed by atoms with Crippen LogP contribution >= 0.6 is 0 Å². The van der Waals surface area contributed by atoms with Crippen molar-refractivity contribution in [1.82, 2.24) is 0 Å². The van der Waals surface area contributed by atoms with E-state index in [-0.39, 0.29) is 24.8 Å². The Hall–Kier alpha value is -0.490. The van der Waals surface area contributed by atoms with Crippen LogP contribution in [-0.2, 0) is 23.7 Å². The number of hydrogen-bond acceptors (Lipinski definition) is 5. The van der Waals surface area contributed by atoms with Crippen LogP contribution in [0.3, 0.4) is 0 Å². The Bertz CT molecular complexity index is 219. The average Bonchev–Trinajstić information content (AvgIpc) is 2.17. The SMILES string of the molecule is CC1OC[C@@H]2OC(C)O[C@H](C=O)[C@@H]2O1. The van der Waals surface area contributed by atoms with Crippen LogP contribution in [0.1, 0.15) is 13.8 Å². The smallest absolute Gasteiger partial charge is 0.156 e. The van der Waals surface area contributed by atoms with Gasteiger partial charge in [-0.05, 0) is 13.8 Å². The van der Waals surface area contributed by atoms with Crippen molar-refractivity contribution < 1.29 is 23.7 Å². The second-order valence-electron chi connectivity index (χ2n) is 3.48. The molecule has 2 rings (SSSR count). The minimum atomic E-state index is -0.546. The summed E-state index contributed by atoms with van der Waals surface area (Å²) in [5.74, 6) is 0. The third-order valence-electron chi connectivity index (χ3n) is 2.38. The average molecular weight is 202 g/mol. The molecule has 0 radical (unpaired) electrons. The summed E-state index contributed by atoms with van der Waals surface area (Å²) in [6.45, 7) is 3.99. The number of fused-ring (bicyclic) bond motifs is 1. The second-order valence-corrected chi connectivity index (χ2v) is 3.48. The zero-order valence-corrected chi connectivity index (χ0v) is 8.21. The zero-order chi connectivity index (χ0) is 10.1. The highest BCUT2D eigenvalue weighted by molar-refractivity contribution is 5.57. The number of carbonyl (C=O) groups excluding carboxylic acids is 1. The molecule has 5 heteroatoms. The lowest BCUT2D eigenvalue weighted by Crippen LogP contribution is -2.57. The Morgan fingerprint density at radius 3 is 2.64 bits per heavy atom. The maximum atomic E-state index is 10.8. The van der Waals surface area contributed by atoms with Crippen LogP contribution in [0.4, 0.5) is 0 Å². The molecular formula is C9H14O5. The zero-order valence-electron chi connectivity index (χ0n) is 8.21. The van der Waals surface area contributed by atoms with E-state index in [9.17, 15) is 4.79 Å². The Balaban J connectivity index is 2.08. The first-order valence-corrected chi connectivity index (χ1v) is 4.74. The predicted octanol–water partition coefficient (Wildman–Crippen LogP) is 0.0767. The summed E-state index contributed by atoms with van der Waals surface area (Å²) in [6, 6.07) is 0. The second kappa shape index (κ2) is 3.94. The molecule has 5 nitrogen and oxygen atoms in total. The third kappa shape index (κ3) is 1.81. The molecule has 0 bridgehead atoms. The quantitative estimate of drug-likeness (QED) is 0.563. The van der Waals surface area contributed by atoms with Crippen molar-refractivity contribution in [2.75, 3.05) is 6.61 Å². The highest BCUT2D eigenvalue weighted by Gasteiger charge is 2.42. The molecular weight excluding hydrogens is 188 g/mol. The van der Waals surface area contributed by atoms with Gasteiger partial charge in [0.1, 0.15) is 18.3 Å². The molecule has 0 N–H and O–H groups in total. The first-order chi connectivity index (χ1) is 6.70. The molecule has 0 aliphatic carbocycles. The number of hydrogen-bond donors (Lipinski definition) is 0. The van der Waals surface area contributed by atoms with Crippen molar-refractivity contribution in [2.24, 2.45) is 0 Å². The highest BCUT2D eigenvalue weighted by atomic mass is 16.8. The lowest BCUT2D eigenvalue weighted by Gasteiger charge is -2.42. The van der Waals surface area contributed by atoms with Crippen molar-refractivity contribution in [3.63, 3.8) is 0 Å². The van der Waals surface area contributed by atoms with Gasteiger partial charge in [0.15, 0.2) is 18.9 Å². The fourth-order valence-electron chi connectivity index (χ4n) is 1.77. The first kappa shape index (κ1) is 10.0. The molecule has 2 heterocycles. The minimum absolute atomic E-state index is 0.204. The van der Waals surface area contributed by atoms with Gasteiger partial charge < -0.3 is 23.7 Å². The van der Waals surface area contributed by atoms with Gasteiger partial charge in [-0.2, -0.15) is 0 Å². The van der Waals surface area contributed by atoms with E-state index in [2.05, 4.69) is 0 Å². The van der Waals surface area contributed by atoms with Crippen LogP contribution in [-0.4, -0.2) is 43.8 Å². The Morgan fingerprint density at radius 2 is 1.93 bits per heavy atom. The summed E-state index contributed by atoms with van der Waals surface area (Å²) < 4.78 is 21.4. The van der Waals surface area contributed by atoms with Crippen molar-refractivity contribution >= 4 is 6.29 Å². The van der Waals surface area contributed by atoms with E-state index in [1.54, 1.807) is 13.8 Å². The number of rotatable bonds is 1. The summed E-state index contributed by atoms with van der Waals surface area (Å²) in [5, 5.41) is 0. The Kier molecular flexibility index (Phi) is 2.83. The van der Waals surface area contributed by atoms with E-state index in [1.165, 1.54) is 0 Å². The molecule has 2 unspecified atom stereocenters. The molecule has 2 aliphatic rings. The fourth-order valence-corrected chi connectivity index (χ4v) is 1.77. The van der Waals surface area contributed by atoms with Crippen molar-refractivity contribution in [1.29, 1.82) is 0 Å². The van der Waals surface area contributed by atoms with Crippen LogP contribution in [0, 0.1) is 0 Å². The monoisotopic (exact) mass is 202 g/mol. The molecule has 0 saturated carbocycles. The normalized spacial score (nSPS) is 48.3. The molecule has 2 fully saturated rings. The van der Waals surface area contributed by atoms with E-state index in [0.717, 1.165) is 6.29 Å². The van der Waals surface area contributed by atoms with E-state index in [4.69, 9.17) is 18.9 Å². The van der Waals surface area contributed by atoms with Gasteiger partial charge in [0.2, 0.25) is 0 Å². The summed E-state index contributed by atoms with van der Waals surface area (Å²) in [6.07, 6.45) is -1.02. The Morgan fingerprint density at radius 1 is 1.14 bits per heavy atom. The van der Waals surface area contributed by atoms with Gasteiger partial charge in [0.05, 0.1) is 6.61 Å². The van der Waals surface area contributed by atoms with Gasteiger partial charge in [-0.3, -0.25) is 0 Å². The Labute approximate surface area is 82.3 Å². The van der Waals surface area contributed by atoms with E-state index >= 15 is 0 Å². The molecule has 14 heavy (non-hydrogen) atoms. The maximum Gasteiger partial charge on any atom is 0.156 e. The fraction of sp³-hybridized carbons (Fsp3) is 0.889. The maximum absolute atomic E-state index is 10.8. The van der Waals surface area contributed by atoms with Gasteiger partial charge in [-0.1, -0.05) is 0 Å². The minimum Gasteiger partial charge on any atom is -0.350 e. The van der Waals surface area contributed by atoms with Crippen molar-refractivity contribution in [3.8, 4) is 0 Å². The third-order valence-corrected chi connectivity index (χ3v) is 2.38. The van der Waals surface area contributed by atoms with Crippen LogP contribution in [0.25, 0.3) is 0 Å². The summed E-state index contributed by atoms with van der Waals surface area (Å²) >= 11 is 0. The largest absolute Gasteiger partial charge is 0.350 e. The van der Waals surface area contributed by atoms with Crippen LogP contribution in [0.5, 0.6) is 0 Å². The van der Waals surface area contributed by atoms with E-state index < -0.39 is 6.10 Å². The predicted molar refractivity (Wildman–Crippen MR) is 45.6 cm³/mol. The molecule has 0 amide bonds. The molecule has 0 aromatic heterocycles. The molecule has 0 aromatic rings. The van der Waals surface area contributed by atoms with Gasteiger partial charge >= 0.3 is 0 Å². The van der Waals surface area contributed by atoms with Crippen molar-refractivity contribution in [3.05, 3.63) is 0 Å². The van der Waals surface area contributed by atoms with Crippen molar-refractivity contribution in [2.45, 2.75) is 44.7 Å². The summed E-state index contributed by atoms with van der Waals surface area (Å²) in [7, 11) is 0. The van der Waals surface area contributed by atoms with E-state index in [1.807, 2.05) is 0 Å². The lowest BCUT2D eigenvalue weighted by atomic mass is 10.1. The highest BCUT2D eigenvalue weighted by Crippen LogP contribution is 2.25. The summed E-state index contributed by atoms with van der Waals surface area (Å²) in [4.78, 5) is 10.8. The van der Waals surface area contributed by atoms with Gasteiger partial charge in [-0.15, -0.1) is 0 Å². The van der Waals surface area contributed by atoms with E-state index in [0.29, 0.717) is 6.61 Å². The lowest BCUT2D eigenvalue weighted by molar-refractivity contribution is -0.342. The molecule has 0 spiro atoms. The van der Waals surface area contributed by atoms with Gasteiger partial charge in [-0.25, -0.2) is 0 Å². The van der Waals surface area contributed by atoms with Gasteiger partial charge in [0, 0.05) is 0 Å².